The topological polar surface area (TPSA) is 108 Å². The maximum absolute atomic E-state index is 11.6. The molecule has 0 amide bonds. The number of ether oxygens (including phenoxy) is 5. The molecule has 0 saturated heterocycles. The minimum atomic E-state index is -0.636. The monoisotopic (exact) mass is 380 g/mol. The molecule has 0 spiro atoms. The van der Waals surface area contributed by atoms with Crippen molar-refractivity contribution in [1.82, 2.24) is 0 Å². The summed E-state index contributed by atoms with van der Waals surface area (Å²) in [6, 6.07) is 1.93. The first-order valence-corrected chi connectivity index (χ1v) is 8.16. The van der Waals surface area contributed by atoms with Gasteiger partial charge in [-0.1, -0.05) is 13.2 Å². The molecule has 0 radical (unpaired) electrons. The molecule has 0 N–H and O–H groups in total. The van der Waals surface area contributed by atoms with Crippen molar-refractivity contribution in [2.75, 3.05) is 59.4 Å². The van der Waals surface area contributed by atoms with Crippen molar-refractivity contribution in [1.29, 1.82) is 5.26 Å². The SMILES string of the molecule is [C-]#[N+]CCOCCOC(=O)C(=C)COCC(=C)C(=O)OCCOCCC#N. The van der Waals surface area contributed by atoms with Crippen molar-refractivity contribution in [3.05, 3.63) is 35.7 Å². The Morgan fingerprint density at radius 3 is 1.85 bits per heavy atom. The van der Waals surface area contributed by atoms with Gasteiger partial charge in [-0.05, 0) is 0 Å². The van der Waals surface area contributed by atoms with Crippen LogP contribution in [0.15, 0.2) is 24.3 Å². The summed E-state index contributed by atoms with van der Waals surface area (Å²) >= 11 is 0. The van der Waals surface area contributed by atoms with Crippen LogP contribution >= 0.6 is 0 Å². The van der Waals surface area contributed by atoms with Crippen LogP contribution in [0, 0.1) is 17.9 Å². The van der Waals surface area contributed by atoms with Gasteiger partial charge in [0.2, 0.25) is 6.54 Å². The minimum Gasteiger partial charge on any atom is -0.460 e. The van der Waals surface area contributed by atoms with Crippen LogP contribution in [0.4, 0.5) is 0 Å². The zero-order valence-corrected chi connectivity index (χ0v) is 15.2. The molecule has 27 heavy (non-hydrogen) atoms. The third kappa shape index (κ3) is 14.2. The van der Waals surface area contributed by atoms with Crippen LogP contribution in [0.25, 0.3) is 4.85 Å². The van der Waals surface area contributed by atoms with E-state index in [1.54, 1.807) is 0 Å². The van der Waals surface area contributed by atoms with Gasteiger partial charge < -0.3 is 28.5 Å². The maximum Gasteiger partial charge on any atom is 0.335 e. The summed E-state index contributed by atoms with van der Waals surface area (Å²) in [6.07, 6.45) is 0.274. The molecular formula is C18H24N2O7. The van der Waals surface area contributed by atoms with E-state index in [1.165, 1.54) is 0 Å². The number of esters is 2. The Labute approximate surface area is 158 Å². The van der Waals surface area contributed by atoms with Gasteiger partial charge in [-0.3, -0.25) is 0 Å². The molecule has 0 saturated carbocycles. The third-order valence-corrected chi connectivity index (χ3v) is 2.76. The first-order chi connectivity index (χ1) is 13.0. The van der Waals surface area contributed by atoms with Crippen molar-refractivity contribution >= 4 is 11.9 Å². The lowest BCUT2D eigenvalue weighted by Crippen LogP contribution is -2.18. The van der Waals surface area contributed by atoms with Crippen LogP contribution in [0.1, 0.15) is 6.42 Å². The number of nitrogens with zero attached hydrogens (tertiary/aromatic N) is 2. The summed E-state index contributed by atoms with van der Waals surface area (Å²) in [5, 5.41) is 8.33. The van der Waals surface area contributed by atoms with Crippen molar-refractivity contribution < 1.29 is 33.3 Å². The van der Waals surface area contributed by atoms with E-state index in [-0.39, 0.29) is 77.0 Å². The fraction of sp³-hybridized carbons (Fsp3) is 0.556. The Balaban J connectivity index is 3.75. The largest absolute Gasteiger partial charge is 0.460 e. The normalized spacial score (nSPS) is 9.70. The fourth-order valence-electron chi connectivity index (χ4n) is 1.44. The molecule has 0 fully saturated rings. The van der Waals surface area contributed by atoms with Crippen LogP contribution in [0.5, 0.6) is 0 Å². The van der Waals surface area contributed by atoms with Crippen LogP contribution in [0.3, 0.4) is 0 Å². The highest BCUT2D eigenvalue weighted by Crippen LogP contribution is 2.01. The van der Waals surface area contributed by atoms with Gasteiger partial charge in [-0.15, -0.1) is 0 Å². The molecule has 0 rings (SSSR count). The van der Waals surface area contributed by atoms with Crippen molar-refractivity contribution in [2.24, 2.45) is 0 Å². The van der Waals surface area contributed by atoms with Crippen LogP contribution in [-0.2, 0) is 33.3 Å². The van der Waals surface area contributed by atoms with Crippen LogP contribution < -0.4 is 0 Å². The fourth-order valence-corrected chi connectivity index (χ4v) is 1.44. The lowest BCUT2D eigenvalue weighted by molar-refractivity contribution is -0.141. The van der Waals surface area contributed by atoms with E-state index in [0.717, 1.165) is 0 Å². The number of nitriles is 1. The average Bonchev–Trinajstić information content (AvgIpc) is 2.66. The number of hydrogen-bond acceptors (Lipinski definition) is 8. The Morgan fingerprint density at radius 2 is 1.37 bits per heavy atom. The Kier molecular flexibility index (Phi) is 15.0. The third-order valence-electron chi connectivity index (χ3n) is 2.76. The highest BCUT2D eigenvalue weighted by atomic mass is 16.6. The molecule has 0 aromatic carbocycles. The standard InChI is InChI=1S/C18H24N2O7/c1-15(17(21)26-11-9-23-7-4-5-19)13-25-14-16(2)18(22)27-12-10-24-8-6-20-3/h1-2,4,6-14H2. The first-order valence-electron chi connectivity index (χ1n) is 8.16. The smallest absolute Gasteiger partial charge is 0.335 e. The molecular weight excluding hydrogens is 356 g/mol. The molecule has 148 valence electrons. The van der Waals surface area contributed by atoms with Crippen LogP contribution in [0.2, 0.25) is 0 Å². The molecule has 9 heteroatoms. The summed E-state index contributed by atoms with van der Waals surface area (Å²) in [6.45, 7) is 14.7. The highest BCUT2D eigenvalue weighted by molar-refractivity contribution is 5.88. The predicted molar refractivity (Wildman–Crippen MR) is 94.4 cm³/mol. The lowest BCUT2D eigenvalue weighted by atomic mass is 10.3. The molecule has 0 heterocycles. The van der Waals surface area contributed by atoms with Crippen molar-refractivity contribution in [2.45, 2.75) is 6.42 Å². The lowest BCUT2D eigenvalue weighted by Gasteiger charge is -2.10. The Morgan fingerprint density at radius 1 is 0.852 bits per heavy atom. The zero-order chi connectivity index (χ0) is 20.3. The summed E-state index contributed by atoms with van der Waals surface area (Å²) in [5.41, 5.74) is 0.171. The van der Waals surface area contributed by atoms with Gasteiger partial charge in [0.1, 0.15) is 19.8 Å². The molecule has 0 aromatic heterocycles. The molecule has 0 unspecified atom stereocenters. The molecule has 0 aliphatic heterocycles. The zero-order valence-electron chi connectivity index (χ0n) is 15.2. The van der Waals surface area contributed by atoms with E-state index in [2.05, 4.69) is 18.0 Å². The first kappa shape index (κ1) is 24.3. The second-order valence-corrected chi connectivity index (χ2v) is 4.99. The van der Waals surface area contributed by atoms with Crippen molar-refractivity contribution in [3.8, 4) is 6.07 Å². The summed E-state index contributed by atoms with van der Waals surface area (Å²) in [4.78, 5) is 26.4. The number of carbonyl (C=O) groups excluding carboxylic acids is 2. The van der Waals surface area contributed by atoms with E-state index in [0.29, 0.717) is 0 Å². The number of rotatable bonds is 16. The van der Waals surface area contributed by atoms with Crippen LogP contribution in [-0.4, -0.2) is 71.3 Å². The minimum absolute atomic E-state index is 0.0419. The molecule has 0 atom stereocenters. The number of carbonyl (C=O) groups is 2. The van der Waals surface area contributed by atoms with E-state index >= 15 is 0 Å². The van der Waals surface area contributed by atoms with Gasteiger partial charge in [0.25, 0.3) is 0 Å². The molecule has 9 nitrogen and oxygen atoms in total. The van der Waals surface area contributed by atoms with E-state index in [9.17, 15) is 9.59 Å². The summed E-state index contributed by atoms with van der Waals surface area (Å²) < 4.78 is 25.1. The predicted octanol–water partition coefficient (Wildman–Crippen LogP) is 1.07. The molecule has 0 bridgehead atoms. The van der Waals surface area contributed by atoms with E-state index in [1.807, 2.05) is 6.07 Å². The molecule has 0 aromatic rings. The quantitative estimate of drug-likeness (QED) is 0.169. The molecule has 0 aliphatic rings. The van der Waals surface area contributed by atoms with Gasteiger partial charge in [-0.25, -0.2) is 16.2 Å². The van der Waals surface area contributed by atoms with Gasteiger partial charge in [0, 0.05) is 0 Å². The van der Waals surface area contributed by atoms with Gasteiger partial charge in [-0.2, -0.15) is 5.26 Å². The Hall–Kier alpha value is -2.72. The van der Waals surface area contributed by atoms with Gasteiger partial charge in [0.15, 0.2) is 0 Å². The van der Waals surface area contributed by atoms with E-state index < -0.39 is 11.9 Å². The van der Waals surface area contributed by atoms with Gasteiger partial charge >= 0.3 is 11.9 Å². The molecule has 0 aliphatic carbocycles. The summed E-state index contributed by atoms with van der Waals surface area (Å²) in [5.74, 6) is -1.27. The Bertz CT molecular complexity index is 525. The highest BCUT2D eigenvalue weighted by Gasteiger charge is 2.12. The second-order valence-electron chi connectivity index (χ2n) is 4.99. The number of hydrogen-bond donors (Lipinski definition) is 0. The second kappa shape index (κ2) is 16.7. The summed E-state index contributed by atoms with van der Waals surface area (Å²) in [7, 11) is 0. The van der Waals surface area contributed by atoms with E-state index in [4.69, 9.17) is 35.5 Å². The van der Waals surface area contributed by atoms with Crippen molar-refractivity contribution in [3.63, 3.8) is 0 Å². The van der Waals surface area contributed by atoms with Gasteiger partial charge in [0.05, 0.1) is 56.7 Å². The average molecular weight is 380 g/mol. The maximum atomic E-state index is 11.6.